The van der Waals surface area contributed by atoms with Crippen molar-refractivity contribution in [3.8, 4) is 17.5 Å². The van der Waals surface area contributed by atoms with Gasteiger partial charge in [0.15, 0.2) is 11.0 Å². The van der Waals surface area contributed by atoms with Crippen LogP contribution in [-0.2, 0) is 17.6 Å². The Labute approximate surface area is 200 Å². The molecule has 1 aromatic carbocycles. The topological polar surface area (TPSA) is 83.6 Å². The lowest BCUT2D eigenvalue weighted by Gasteiger charge is -2.13. The molecule has 0 spiro atoms. The van der Waals surface area contributed by atoms with Crippen LogP contribution in [0.25, 0.3) is 11.4 Å². The number of fused-ring (bicyclic) bond motifs is 1. The van der Waals surface area contributed by atoms with Crippen molar-refractivity contribution in [2.24, 2.45) is 0 Å². The summed E-state index contributed by atoms with van der Waals surface area (Å²) >= 11 is 2.85. The largest absolute Gasteiger partial charge is 0.316 e. The Kier molecular flexibility index (Phi) is 6.21. The van der Waals surface area contributed by atoms with Crippen LogP contribution in [0.2, 0.25) is 0 Å². The van der Waals surface area contributed by atoms with E-state index in [4.69, 9.17) is 0 Å². The third-order valence-corrected chi connectivity index (χ3v) is 8.38. The third-order valence-electron chi connectivity index (χ3n) is 6.11. The van der Waals surface area contributed by atoms with Crippen LogP contribution in [0.5, 0.6) is 0 Å². The average molecular weight is 482 g/mol. The molecule has 2 aromatic heterocycles. The quantitative estimate of drug-likeness (QED) is 0.358. The summed E-state index contributed by atoms with van der Waals surface area (Å²) < 4.78 is 16.4. The van der Waals surface area contributed by atoms with Crippen LogP contribution in [0.4, 0.5) is 9.39 Å². The molecule has 0 bridgehead atoms. The van der Waals surface area contributed by atoms with E-state index in [2.05, 4.69) is 21.6 Å². The number of halogens is 1. The summed E-state index contributed by atoms with van der Waals surface area (Å²) in [5.74, 6) is -0.0131. The van der Waals surface area contributed by atoms with Crippen molar-refractivity contribution in [2.75, 3.05) is 5.32 Å². The van der Waals surface area contributed by atoms with Crippen molar-refractivity contribution in [1.82, 2.24) is 14.8 Å². The van der Waals surface area contributed by atoms with Crippen molar-refractivity contribution in [3.05, 3.63) is 46.1 Å². The van der Waals surface area contributed by atoms with E-state index in [1.807, 2.05) is 11.5 Å². The maximum absolute atomic E-state index is 14.4. The van der Waals surface area contributed by atoms with Crippen LogP contribution in [0.1, 0.15) is 61.1 Å². The standard InChI is InChI=1S/C24H24FN5OS2/c1-14(22(31)27-23-18(13-26)16-7-3-2-4-10-20(16)33-23)32-24-29-28-21(30(24)15-11-12-15)17-8-5-6-9-19(17)25/h5-6,8-9,14-15H,2-4,7,10-12H2,1H3,(H,27,31). The van der Waals surface area contributed by atoms with E-state index in [9.17, 15) is 14.4 Å². The molecule has 0 radical (unpaired) electrons. The minimum Gasteiger partial charge on any atom is -0.316 e. The highest BCUT2D eigenvalue weighted by atomic mass is 32.2. The number of nitriles is 1. The number of hydrogen-bond acceptors (Lipinski definition) is 6. The van der Waals surface area contributed by atoms with Crippen molar-refractivity contribution < 1.29 is 9.18 Å². The van der Waals surface area contributed by atoms with Gasteiger partial charge in [-0.3, -0.25) is 9.36 Å². The van der Waals surface area contributed by atoms with Crippen LogP contribution < -0.4 is 5.32 Å². The molecule has 0 saturated heterocycles. The Morgan fingerprint density at radius 1 is 1.27 bits per heavy atom. The summed E-state index contributed by atoms with van der Waals surface area (Å²) in [7, 11) is 0. The predicted octanol–water partition coefficient (Wildman–Crippen LogP) is 5.74. The van der Waals surface area contributed by atoms with Crippen LogP contribution in [0.3, 0.4) is 0 Å². The number of rotatable bonds is 6. The molecule has 3 aromatic rings. The number of thiophene rings is 1. The molecule has 5 rings (SSSR count). The Morgan fingerprint density at radius 2 is 2.06 bits per heavy atom. The summed E-state index contributed by atoms with van der Waals surface area (Å²) in [4.78, 5) is 14.3. The number of carbonyl (C=O) groups is 1. The van der Waals surface area contributed by atoms with Gasteiger partial charge in [0.25, 0.3) is 0 Å². The minimum absolute atomic E-state index is 0.175. The van der Waals surface area contributed by atoms with Gasteiger partial charge in [-0.25, -0.2) is 4.39 Å². The van der Waals surface area contributed by atoms with E-state index in [-0.39, 0.29) is 17.8 Å². The molecule has 2 aliphatic rings. The van der Waals surface area contributed by atoms with Crippen LogP contribution >= 0.6 is 23.1 Å². The number of nitrogens with zero attached hydrogens (tertiary/aromatic N) is 4. The van der Waals surface area contributed by atoms with Gasteiger partial charge in [0.1, 0.15) is 16.9 Å². The smallest absolute Gasteiger partial charge is 0.238 e. The summed E-state index contributed by atoms with van der Waals surface area (Å²) in [6.07, 6.45) is 7.23. The number of anilines is 1. The molecule has 1 atom stereocenters. The predicted molar refractivity (Wildman–Crippen MR) is 128 cm³/mol. The van der Waals surface area contributed by atoms with E-state index in [1.165, 1.54) is 40.5 Å². The van der Waals surface area contributed by atoms with E-state index < -0.39 is 5.25 Å². The fraction of sp³-hybridized carbons (Fsp3) is 0.417. The highest BCUT2D eigenvalue weighted by Gasteiger charge is 2.32. The molecule has 2 heterocycles. The first-order valence-electron chi connectivity index (χ1n) is 11.3. The lowest BCUT2D eigenvalue weighted by Crippen LogP contribution is -2.23. The number of thioether (sulfide) groups is 1. The second kappa shape index (κ2) is 9.27. The van der Waals surface area contributed by atoms with Crippen molar-refractivity contribution in [3.63, 3.8) is 0 Å². The Morgan fingerprint density at radius 3 is 2.82 bits per heavy atom. The zero-order valence-corrected chi connectivity index (χ0v) is 19.9. The molecular weight excluding hydrogens is 457 g/mol. The second-order valence-corrected chi connectivity index (χ2v) is 10.9. The van der Waals surface area contributed by atoms with Crippen molar-refractivity contribution in [1.29, 1.82) is 5.26 Å². The van der Waals surface area contributed by atoms with Crippen LogP contribution in [0.15, 0.2) is 29.4 Å². The van der Waals surface area contributed by atoms with Crippen LogP contribution in [-0.4, -0.2) is 25.9 Å². The van der Waals surface area contributed by atoms with Crippen molar-refractivity contribution >= 4 is 34.0 Å². The fourth-order valence-electron chi connectivity index (χ4n) is 4.22. The number of carbonyl (C=O) groups excluding carboxylic acids is 1. The summed E-state index contributed by atoms with van der Waals surface area (Å²) in [6, 6.07) is 9.09. The highest BCUT2D eigenvalue weighted by Crippen LogP contribution is 2.42. The highest BCUT2D eigenvalue weighted by molar-refractivity contribution is 8.00. The van der Waals surface area contributed by atoms with Gasteiger partial charge in [0.05, 0.1) is 16.4 Å². The second-order valence-electron chi connectivity index (χ2n) is 8.52. The van der Waals surface area contributed by atoms with E-state index >= 15 is 0 Å². The van der Waals surface area contributed by atoms with Gasteiger partial charge in [-0.05, 0) is 63.1 Å². The lowest BCUT2D eigenvalue weighted by atomic mass is 10.1. The monoisotopic (exact) mass is 481 g/mol. The van der Waals surface area contributed by atoms with Gasteiger partial charge in [0.2, 0.25) is 5.91 Å². The number of benzene rings is 1. The lowest BCUT2D eigenvalue weighted by molar-refractivity contribution is -0.115. The van der Waals surface area contributed by atoms with Gasteiger partial charge in [0, 0.05) is 10.9 Å². The summed E-state index contributed by atoms with van der Waals surface area (Å²) in [5.41, 5.74) is 2.14. The molecule has 1 fully saturated rings. The third kappa shape index (κ3) is 4.42. The first-order chi connectivity index (χ1) is 16.1. The fourth-order valence-corrected chi connectivity index (χ4v) is 6.38. The molecule has 170 valence electrons. The Bertz CT molecular complexity index is 1240. The first kappa shape index (κ1) is 22.1. The SMILES string of the molecule is CC(Sc1nnc(-c2ccccc2F)n1C1CC1)C(=O)Nc1sc2c(c1C#N)CCCCC2. The van der Waals surface area contributed by atoms with E-state index in [0.29, 0.717) is 27.1 Å². The molecule has 0 aliphatic heterocycles. The van der Waals surface area contributed by atoms with Gasteiger partial charge in [-0.1, -0.05) is 30.3 Å². The maximum Gasteiger partial charge on any atom is 0.238 e. The average Bonchev–Trinajstić information content (AvgIpc) is 3.54. The summed E-state index contributed by atoms with van der Waals surface area (Å²) in [5, 5.41) is 22.1. The van der Waals surface area contributed by atoms with E-state index in [1.54, 1.807) is 18.2 Å². The van der Waals surface area contributed by atoms with Gasteiger partial charge in [-0.2, -0.15) is 5.26 Å². The first-order valence-corrected chi connectivity index (χ1v) is 13.0. The Balaban J connectivity index is 1.36. The maximum atomic E-state index is 14.4. The van der Waals surface area contributed by atoms with Gasteiger partial charge in [-0.15, -0.1) is 21.5 Å². The van der Waals surface area contributed by atoms with E-state index in [0.717, 1.165) is 44.1 Å². The molecule has 33 heavy (non-hydrogen) atoms. The number of aromatic nitrogens is 3. The molecule has 6 nitrogen and oxygen atoms in total. The zero-order chi connectivity index (χ0) is 22.9. The molecule has 1 amide bonds. The van der Waals surface area contributed by atoms with Crippen LogP contribution in [0, 0.1) is 17.1 Å². The molecule has 9 heteroatoms. The molecule has 1 unspecified atom stereocenters. The Hall–Kier alpha value is -2.70. The molecular formula is C24H24FN5OS2. The molecule has 1 N–H and O–H groups in total. The minimum atomic E-state index is -0.450. The number of amides is 1. The van der Waals surface area contributed by atoms with Gasteiger partial charge >= 0.3 is 0 Å². The molecule has 1 saturated carbocycles. The van der Waals surface area contributed by atoms with Gasteiger partial charge < -0.3 is 5.32 Å². The number of nitrogens with one attached hydrogen (secondary N) is 1. The molecule has 2 aliphatic carbocycles. The zero-order valence-electron chi connectivity index (χ0n) is 18.3. The van der Waals surface area contributed by atoms with Crippen molar-refractivity contribution in [2.45, 2.75) is 68.3 Å². The number of aryl methyl sites for hydroxylation is 1. The number of hydrogen-bond donors (Lipinski definition) is 1. The summed E-state index contributed by atoms with van der Waals surface area (Å²) in [6.45, 7) is 1.82. The normalized spacial score (nSPS) is 16.5.